The average molecular weight is 325 g/mol. The maximum atomic E-state index is 12.3. The number of carbonyl (C=O) groups excluding carboxylic acids is 1. The molecule has 1 amide bonds. The molecule has 2 N–H and O–H groups in total. The van der Waals surface area contributed by atoms with Gasteiger partial charge in [-0.25, -0.2) is 9.97 Å². The lowest BCUT2D eigenvalue weighted by molar-refractivity contribution is -0.111. The molecule has 0 aliphatic carbocycles. The summed E-state index contributed by atoms with van der Waals surface area (Å²) in [6, 6.07) is 7.23. The number of H-pyrrole nitrogens is 1. The Balaban J connectivity index is 1.79. The summed E-state index contributed by atoms with van der Waals surface area (Å²) in [5, 5.41) is 5.21. The Labute approximate surface area is 136 Å². The first kappa shape index (κ1) is 15.5. The predicted octanol–water partition coefficient (Wildman–Crippen LogP) is 1.39. The van der Waals surface area contributed by atoms with E-state index in [0.29, 0.717) is 5.69 Å². The summed E-state index contributed by atoms with van der Waals surface area (Å²) >= 11 is 0. The summed E-state index contributed by atoms with van der Waals surface area (Å²) in [4.78, 5) is 32.4. The number of benzene rings is 1. The molecule has 0 aliphatic rings. The van der Waals surface area contributed by atoms with Crippen LogP contribution < -0.4 is 15.6 Å². The Morgan fingerprint density at radius 3 is 2.79 bits per heavy atom. The van der Waals surface area contributed by atoms with E-state index in [1.807, 2.05) is 12.1 Å². The van der Waals surface area contributed by atoms with Crippen LogP contribution in [0.5, 0.6) is 5.75 Å². The molecule has 8 heteroatoms. The topological polar surface area (TPSA) is 101 Å². The number of amides is 1. The molecule has 0 unspecified atom stereocenters. The molecule has 0 saturated heterocycles. The summed E-state index contributed by atoms with van der Waals surface area (Å²) in [6.45, 7) is 1.64. The Morgan fingerprint density at radius 2 is 2.08 bits per heavy atom. The zero-order valence-electron chi connectivity index (χ0n) is 13.1. The van der Waals surface area contributed by atoms with Gasteiger partial charge in [0.1, 0.15) is 17.8 Å². The van der Waals surface area contributed by atoms with Crippen LogP contribution in [0.15, 0.2) is 41.5 Å². The Morgan fingerprint density at radius 1 is 1.33 bits per heavy atom. The van der Waals surface area contributed by atoms with E-state index in [4.69, 9.17) is 4.74 Å². The molecule has 0 fully saturated rings. The van der Waals surface area contributed by atoms with Crippen LogP contribution in [-0.4, -0.2) is 32.6 Å². The van der Waals surface area contributed by atoms with Crippen molar-refractivity contribution in [2.24, 2.45) is 0 Å². The van der Waals surface area contributed by atoms with Crippen molar-refractivity contribution in [3.63, 3.8) is 0 Å². The number of aromatic amines is 1. The summed E-state index contributed by atoms with van der Waals surface area (Å²) in [6.07, 6.45) is 4.35. The van der Waals surface area contributed by atoms with Crippen LogP contribution in [0.2, 0.25) is 0 Å². The number of aromatic nitrogens is 4. The Kier molecular flexibility index (Phi) is 4.11. The van der Waals surface area contributed by atoms with E-state index < -0.39 is 11.5 Å². The molecule has 3 rings (SSSR count). The minimum atomic E-state index is -0.424. The van der Waals surface area contributed by atoms with Crippen LogP contribution >= 0.6 is 0 Å². The second-order valence-electron chi connectivity index (χ2n) is 5.00. The van der Waals surface area contributed by atoms with Gasteiger partial charge in [0.25, 0.3) is 11.3 Å². The number of fused-ring (bicyclic) bond motifs is 1. The van der Waals surface area contributed by atoms with E-state index in [1.165, 1.54) is 12.4 Å². The van der Waals surface area contributed by atoms with Crippen LogP contribution in [0, 0.1) is 6.92 Å². The van der Waals surface area contributed by atoms with Crippen molar-refractivity contribution < 1.29 is 9.53 Å². The van der Waals surface area contributed by atoms with E-state index in [9.17, 15) is 9.59 Å². The Bertz CT molecular complexity index is 970. The number of aryl methyl sites for hydroxylation is 1. The maximum Gasteiger partial charge on any atom is 0.298 e. The van der Waals surface area contributed by atoms with Gasteiger partial charge in [0.15, 0.2) is 0 Å². The van der Waals surface area contributed by atoms with Crippen LogP contribution in [-0.2, 0) is 4.79 Å². The molecule has 122 valence electrons. The number of nitrogens with one attached hydrogen (secondary N) is 2. The van der Waals surface area contributed by atoms with Gasteiger partial charge in [-0.15, -0.1) is 0 Å². The highest BCUT2D eigenvalue weighted by molar-refractivity contribution is 6.02. The van der Waals surface area contributed by atoms with Gasteiger partial charge in [-0.3, -0.25) is 14.7 Å². The number of anilines is 1. The smallest absolute Gasteiger partial charge is 0.298 e. The average Bonchev–Trinajstić information content (AvgIpc) is 3.05. The highest BCUT2D eigenvalue weighted by Crippen LogP contribution is 2.12. The van der Waals surface area contributed by atoms with Gasteiger partial charge in [0, 0.05) is 6.08 Å². The maximum absolute atomic E-state index is 12.3. The van der Waals surface area contributed by atoms with Crippen molar-refractivity contribution >= 4 is 23.4 Å². The molecule has 1 aromatic carbocycles. The molecule has 2 aromatic heterocycles. The normalized spacial score (nSPS) is 11.1. The molecular weight excluding hydrogens is 310 g/mol. The number of carbonyl (C=O) groups is 1. The third kappa shape index (κ3) is 3.02. The zero-order chi connectivity index (χ0) is 17.1. The van der Waals surface area contributed by atoms with Gasteiger partial charge in [-0.05, 0) is 30.7 Å². The Hall–Kier alpha value is -3.42. The molecule has 8 nitrogen and oxygen atoms in total. The summed E-state index contributed by atoms with van der Waals surface area (Å²) in [5.74, 6) is 0.565. The van der Waals surface area contributed by atoms with Gasteiger partial charge in [-0.2, -0.15) is 4.52 Å². The molecule has 24 heavy (non-hydrogen) atoms. The lowest BCUT2D eigenvalue weighted by Crippen LogP contribution is -2.24. The molecule has 0 bridgehead atoms. The van der Waals surface area contributed by atoms with Crippen LogP contribution in [0.4, 0.5) is 5.69 Å². The van der Waals surface area contributed by atoms with Gasteiger partial charge in [0.2, 0.25) is 5.91 Å². The van der Waals surface area contributed by atoms with Crippen LogP contribution in [0.1, 0.15) is 11.3 Å². The second kappa shape index (κ2) is 6.37. The molecule has 3 aromatic rings. The van der Waals surface area contributed by atoms with E-state index in [0.717, 1.165) is 15.8 Å². The highest BCUT2D eigenvalue weighted by Gasteiger charge is 2.12. The number of methoxy groups -OCH3 is 1. The van der Waals surface area contributed by atoms with Gasteiger partial charge < -0.3 is 10.1 Å². The van der Waals surface area contributed by atoms with Gasteiger partial charge in [-0.1, -0.05) is 12.1 Å². The van der Waals surface area contributed by atoms with E-state index in [-0.39, 0.29) is 11.5 Å². The molecule has 2 heterocycles. The fraction of sp³-hybridized carbons (Fsp3) is 0.125. The van der Waals surface area contributed by atoms with Crippen LogP contribution in [0.25, 0.3) is 11.9 Å². The summed E-state index contributed by atoms with van der Waals surface area (Å²) < 4.78 is 6.24. The molecular formula is C16H15N5O3. The SMILES string of the molecule is COc1ccc(/C=C/C(=O)Nc2c(C)nc3nc[nH]n3c2=O)cc1. The largest absolute Gasteiger partial charge is 0.497 e. The first-order valence-electron chi connectivity index (χ1n) is 7.14. The number of hydrogen-bond acceptors (Lipinski definition) is 5. The first-order chi connectivity index (χ1) is 11.6. The number of ether oxygens (including phenoxy) is 1. The number of hydrogen-bond donors (Lipinski definition) is 2. The van der Waals surface area contributed by atoms with Crippen LogP contribution in [0.3, 0.4) is 0 Å². The quantitative estimate of drug-likeness (QED) is 0.706. The lowest BCUT2D eigenvalue weighted by atomic mass is 10.2. The monoisotopic (exact) mass is 325 g/mol. The lowest BCUT2D eigenvalue weighted by Gasteiger charge is -2.05. The fourth-order valence-corrected chi connectivity index (χ4v) is 2.16. The molecule has 0 saturated carbocycles. The van der Waals surface area contributed by atoms with Crippen molar-refractivity contribution in [2.75, 3.05) is 12.4 Å². The minimum Gasteiger partial charge on any atom is -0.497 e. The van der Waals surface area contributed by atoms with E-state index in [1.54, 1.807) is 32.2 Å². The fourth-order valence-electron chi connectivity index (χ4n) is 2.16. The zero-order valence-corrected chi connectivity index (χ0v) is 13.1. The van der Waals surface area contributed by atoms with Crippen molar-refractivity contribution in [1.29, 1.82) is 0 Å². The summed E-state index contributed by atoms with van der Waals surface area (Å²) in [5.41, 5.74) is 0.933. The number of nitrogens with zero attached hydrogens (tertiary/aromatic N) is 3. The standard InChI is InChI=1S/C16H15N5O3/c1-10-14(15(23)21-16(19-10)17-9-18-21)20-13(22)8-5-11-3-6-12(24-2)7-4-11/h3-9H,1-2H3,(H,20,22)(H,17,18,19)/b8-5+. The van der Waals surface area contributed by atoms with Crippen molar-refractivity contribution in [1.82, 2.24) is 19.6 Å². The third-order valence-electron chi connectivity index (χ3n) is 3.40. The van der Waals surface area contributed by atoms with Gasteiger partial charge >= 0.3 is 0 Å². The minimum absolute atomic E-state index is 0.112. The second-order valence-corrected chi connectivity index (χ2v) is 5.00. The van der Waals surface area contributed by atoms with E-state index >= 15 is 0 Å². The third-order valence-corrected chi connectivity index (χ3v) is 3.40. The molecule has 0 spiro atoms. The number of rotatable bonds is 4. The highest BCUT2D eigenvalue weighted by atomic mass is 16.5. The first-order valence-corrected chi connectivity index (χ1v) is 7.14. The van der Waals surface area contributed by atoms with Crippen molar-refractivity contribution in [3.05, 3.63) is 58.3 Å². The molecule has 0 atom stereocenters. The van der Waals surface area contributed by atoms with Crippen molar-refractivity contribution in [3.8, 4) is 5.75 Å². The molecule has 0 radical (unpaired) electrons. The predicted molar refractivity (Wildman–Crippen MR) is 89.0 cm³/mol. The molecule has 0 aliphatic heterocycles. The summed E-state index contributed by atoms with van der Waals surface area (Å²) in [7, 11) is 1.59. The van der Waals surface area contributed by atoms with Gasteiger partial charge in [0.05, 0.1) is 12.8 Å². The van der Waals surface area contributed by atoms with Crippen molar-refractivity contribution in [2.45, 2.75) is 6.92 Å². The van der Waals surface area contributed by atoms with E-state index in [2.05, 4.69) is 20.4 Å².